The smallest absolute Gasteiger partial charge is 0.161 e. The van der Waals surface area contributed by atoms with Gasteiger partial charge in [-0.3, -0.25) is 4.79 Å². The maximum Gasteiger partial charge on any atom is 0.161 e. The van der Waals surface area contributed by atoms with E-state index in [4.69, 9.17) is 4.74 Å². The Bertz CT molecular complexity index is 206. The van der Waals surface area contributed by atoms with Crippen LogP contribution in [0, 0.1) is 0 Å². The maximum atomic E-state index is 11.5. The minimum Gasteiger partial charge on any atom is -0.366 e. The van der Waals surface area contributed by atoms with Crippen molar-refractivity contribution >= 4 is 5.78 Å². The average molecular weight is 180 g/mol. The van der Waals surface area contributed by atoms with Crippen LogP contribution in [-0.4, -0.2) is 18.5 Å². The summed E-state index contributed by atoms with van der Waals surface area (Å²) in [5.74, 6) is 0.228. The lowest BCUT2D eigenvalue weighted by Crippen LogP contribution is -2.24. The van der Waals surface area contributed by atoms with Crippen LogP contribution in [0.1, 0.15) is 25.7 Å². The number of Topliss-reactive ketones (excluding diaryl/α,β-unsaturated/α-hetero) is 1. The third kappa shape index (κ3) is 3.55. The molecule has 0 fully saturated rings. The van der Waals surface area contributed by atoms with Crippen LogP contribution >= 0.6 is 0 Å². The second-order valence-electron chi connectivity index (χ2n) is 3.16. The first-order valence-corrected chi connectivity index (χ1v) is 4.75. The molecular formula is C11H16O2. The standard InChI is InChI=1S/C11H16O2/c1-2-9-13-11-8-6-4-3-5-7-10(11)12/h2-4,11H,1,5-9H2/b4-3-. The summed E-state index contributed by atoms with van der Waals surface area (Å²) < 4.78 is 5.38. The Morgan fingerprint density at radius 1 is 1.54 bits per heavy atom. The van der Waals surface area contributed by atoms with Gasteiger partial charge in [0, 0.05) is 6.42 Å². The van der Waals surface area contributed by atoms with Crippen LogP contribution in [0.2, 0.25) is 0 Å². The Hall–Kier alpha value is -0.890. The maximum absolute atomic E-state index is 11.5. The van der Waals surface area contributed by atoms with E-state index < -0.39 is 0 Å². The monoisotopic (exact) mass is 180 g/mol. The van der Waals surface area contributed by atoms with E-state index in [-0.39, 0.29) is 11.9 Å². The summed E-state index contributed by atoms with van der Waals surface area (Å²) in [5, 5.41) is 0. The van der Waals surface area contributed by atoms with Crippen LogP contribution in [0.25, 0.3) is 0 Å². The molecule has 13 heavy (non-hydrogen) atoms. The topological polar surface area (TPSA) is 26.3 Å². The molecule has 1 aliphatic rings. The summed E-state index contributed by atoms with van der Waals surface area (Å²) in [5.41, 5.74) is 0. The van der Waals surface area contributed by atoms with Gasteiger partial charge in [0.1, 0.15) is 6.10 Å². The van der Waals surface area contributed by atoms with Crippen LogP contribution < -0.4 is 0 Å². The number of hydrogen-bond donors (Lipinski definition) is 0. The lowest BCUT2D eigenvalue weighted by atomic mass is 10.0. The Labute approximate surface area is 79.3 Å². The van der Waals surface area contributed by atoms with E-state index in [1.54, 1.807) is 6.08 Å². The fourth-order valence-electron chi connectivity index (χ4n) is 1.39. The number of ether oxygens (including phenoxy) is 1. The molecule has 0 spiro atoms. The van der Waals surface area contributed by atoms with E-state index in [2.05, 4.69) is 18.7 Å². The molecule has 1 rings (SSSR count). The van der Waals surface area contributed by atoms with Gasteiger partial charge in [0.15, 0.2) is 5.78 Å². The largest absolute Gasteiger partial charge is 0.366 e. The van der Waals surface area contributed by atoms with Crippen molar-refractivity contribution in [3.8, 4) is 0 Å². The molecule has 0 heterocycles. The average Bonchev–Trinajstić information content (AvgIpc) is 2.11. The highest BCUT2D eigenvalue weighted by atomic mass is 16.5. The molecule has 1 atom stereocenters. The number of carbonyl (C=O) groups is 1. The Balaban J connectivity index is 2.43. The number of allylic oxidation sites excluding steroid dienone is 2. The van der Waals surface area contributed by atoms with Gasteiger partial charge in [0.25, 0.3) is 0 Å². The van der Waals surface area contributed by atoms with Gasteiger partial charge in [-0.2, -0.15) is 0 Å². The minimum atomic E-state index is -0.206. The SMILES string of the molecule is C=CCOC1CC/C=C\CCC1=O. The molecule has 0 aromatic rings. The molecule has 1 aliphatic carbocycles. The summed E-state index contributed by atoms with van der Waals surface area (Å²) in [4.78, 5) is 11.5. The molecule has 0 N–H and O–H groups in total. The molecule has 0 bridgehead atoms. The molecule has 0 saturated carbocycles. The van der Waals surface area contributed by atoms with E-state index in [1.165, 1.54) is 0 Å². The Kier molecular flexibility index (Phi) is 4.47. The number of carbonyl (C=O) groups excluding carboxylic acids is 1. The van der Waals surface area contributed by atoms with Gasteiger partial charge in [-0.05, 0) is 19.3 Å². The second-order valence-corrected chi connectivity index (χ2v) is 3.16. The molecule has 1 unspecified atom stereocenters. The van der Waals surface area contributed by atoms with Crippen LogP contribution in [0.15, 0.2) is 24.8 Å². The lowest BCUT2D eigenvalue weighted by Gasteiger charge is -2.16. The molecule has 2 heteroatoms. The summed E-state index contributed by atoms with van der Waals surface area (Å²) in [6.07, 6.45) is 8.88. The first-order chi connectivity index (χ1) is 6.34. The normalized spacial score (nSPS) is 26.2. The highest BCUT2D eigenvalue weighted by Gasteiger charge is 2.17. The summed E-state index contributed by atoms with van der Waals surface area (Å²) in [6.45, 7) is 4.03. The van der Waals surface area contributed by atoms with Crippen molar-refractivity contribution in [3.63, 3.8) is 0 Å². The molecule has 0 amide bonds. The number of rotatable bonds is 3. The highest BCUT2D eigenvalue weighted by Crippen LogP contribution is 2.12. The van der Waals surface area contributed by atoms with Crippen LogP contribution in [0.5, 0.6) is 0 Å². The van der Waals surface area contributed by atoms with Crippen molar-refractivity contribution in [2.75, 3.05) is 6.61 Å². The van der Waals surface area contributed by atoms with E-state index in [0.29, 0.717) is 13.0 Å². The Morgan fingerprint density at radius 3 is 3.08 bits per heavy atom. The van der Waals surface area contributed by atoms with Gasteiger partial charge in [0.05, 0.1) is 6.61 Å². The van der Waals surface area contributed by atoms with Gasteiger partial charge in [-0.1, -0.05) is 18.2 Å². The second kappa shape index (κ2) is 5.70. The van der Waals surface area contributed by atoms with Gasteiger partial charge >= 0.3 is 0 Å². The molecule has 0 aromatic heterocycles. The Morgan fingerprint density at radius 2 is 2.31 bits per heavy atom. The zero-order valence-corrected chi connectivity index (χ0v) is 7.87. The fourth-order valence-corrected chi connectivity index (χ4v) is 1.39. The molecule has 0 radical (unpaired) electrons. The number of hydrogen-bond acceptors (Lipinski definition) is 2. The lowest BCUT2D eigenvalue weighted by molar-refractivity contribution is -0.130. The minimum absolute atomic E-state index is 0.206. The van der Waals surface area contributed by atoms with E-state index in [9.17, 15) is 4.79 Å². The molecule has 0 aliphatic heterocycles. The quantitative estimate of drug-likeness (QED) is 0.623. The van der Waals surface area contributed by atoms with Crippen molar-refractivity contribution in [2.45, 2.75) is 31.8 Å². The van der Waals surface area contributed by atoms with Crippen LogP contribution in [0.3, 0.4) is 0 Å². The first kappa shape index (κ1) is 10.2. The van der Waals surface area contributed by atoms with Crippen LogP contribution in [0.4, 0.5) is 0 Å². The van der Waals surface area contributed by atoms with Crippen molar-refractivity contribution in [1.82, 2.24) is 0 Å². The van der Waals surface area contributed by atoms with Crippen LogP contribution in [-0.2, 0) is 9.53 Å². The van der Waals surface area contributed by atoms with Crippen molar-refractivity contribution in [2.24, 2.45) is 0 Å². The summed E-state index contributed by atoms with van der Waals surface area (Å²) in [7, 11) is 0. The first-order valence-electron chi connectivity index (χ1n) is 4.75. The molecular weight excluding hydrogens is 164 g/mol. The third-order valence-electron chi connectivity index (χ3n) is 2.09. The fraction of sp³-hybridized carbons (Fsp3) is 0.545. The molecule has 0 aromatic carbocycles. The molecule has 0 saturated heterocycles. The van der Waals surface area contributed by atoms with E-state index in [0.717, 1.165) is 19.3 Å². The van der Waals surface area contributed by atoms with Crippen molar-refractivity contribution in [1.29, 1.82) is 0 Å². The van der Waals surface area contributed by atoms with Gasteiger partial charge in [0.2, 0.25) is 0 Å². The van der Waals surface area contributed by atoms with Gasteiger partial charge in [-0.25, -0.2) is 0 Å². The molecule has 72 valence electrons. The van der Waals surface area contributed by atoms with E-state index >= 15 is 0 Å². The highest BCUT2D eigenvalue weighted by molar-refractivity contribution is 5.83. The molecule has 2 nitrogen and oxygen atoms in total. The van der Waals surface area contributed by atoms with Crippen molar-refractivity contribution < 1.29 is 9.53 Å². The zero-order valence-electron chi connectivity index (χ0n) is 7.87. The predicted octanol–water partition coefficient (Wildman–Crippen LogP) is 2.26. The third-order valence-corrected chi connectivity index (χ3v) is 2.09. The predicted molar refractivity (Wildman–Crippen MR) is 52.6 cm³/mol. The van der Waals surface area contributed by atoms with Gasteiger partial charge < -0.3 is 4.74 Å². The summed E-state index contributed by atoms with van der Waals surface area (Å²) in [6, 6.07) is 0. The zero-order chi connectivity index (χ0) is 9.52. The number of ketones is 1. The summed E-state index contributed by atoms with van der Waals surface area (Å²) >= 11 is 0. The van der Waals surface area contributed by atoms with E-state index in [1.807, 2.05) is 0 Å². The van der Waals surface area contributed by atoms with Crippen molar-refractivity contribution in [3.05, 3.63) is 24.8 Å². The van der Waals surface area contributed by atoms with Gasteiger partial charge in [-0.15, -0.1) is 6.58 Å².